The van der Waals surface area contributed by atoms with Crippen LogP contribution in [0.25, 0.3) is 0 Å². The predicted molar refractivity (Wildman–Crippen MR) is 47.8 cm³/mol. The van der Waals surface area contributed by atoms with Crippen molar-refractivity contribution in [1.29, 1.82) is 0 Å². The third-order valence-electron chi connectivity index (χ3n) is 1.72. The van der Waals surface area contributed by atoms with E-state index in [-0.39, 0.29) is 12.5 Å². The standard InChI is InChI=1S/C8H11N3O3/c1-2-11(4-7(12)13)8(14)6-3-9-5-10-6/h3,5H,2,4H2,1H3,(H,9,10)(H,12,13). The molecule has 1 aromatic rings. The maximum Gasteiger partial charge on any atom is 0.323 e. The number of hydrogen-bond acceptors (Lipinski definition) is 3. The van der Waals surface area contributed by atoms with E-state index >= 15 is 0 Å². The molecular formula is C8H11N3O3. The Balaban J connectivity index is 2.70. The first kappa shape index (κ1) is 10.2. The van der Waals surface area contributed by atoms with Crippen molar-refractivity contribution in [3.05, 3.63) is 18.2 Å². The van der Waals surface area contributed by atoms with Crippen molar-refractivity contribution in [3.63, 3.8) is 0 Å². The molecule has 6 heteroatoms. The average Bonchev–Trinajstić information content (AvgIpc) is 2.65. The zero-order valence-electron chi connectivity index (χ0n) is 7.73. The minimum atomic E-state index is -1.03. The normalized spacial score (nSPS) is 9.79. The van der Waals surface area contributed by atoms with E-state index in [1.165, 1.54) is 17.4 Å². The summed E-state index contributed by atoms with van der Waals surface area (Å²) in [5.74, 6) is -1.38. The van der Waals surface area contributed by atoms with E-state index in [1.54, 1.807) is 6.92 Å². The molecule has 0 radical (unpaired) electrons. The van der Waals surface area contributed by atoms with Gasteiger partial charge < -0.3 is 15.0 Å². The first-order chi connectivity index (χ1) is 6.65. The highest BCUT2D eigenvalue weighted by molar-refractivity contribution is 5.93. The minimum Gasteiger partial charge on any atom is -0.480 e. The zero-order valence-corrected chi connectivity index (χ0v) is 7.73. The van der Waals surface area contributed by atoms with Gasteiger partial charge in [0, 0.05) is 6.54 Å². The van der Waals surface area contributed by atoms with Gasteiger partial charge in [0.2, 0.25) is 0 Å². The van der Waals surface area contributed by atoms with Gasteiger partial charge in [-0.3, -0.25) is 9.59 Å². The van der Waals surface area contributed by atoms with E-state index in [9.17, 15) is 9.59 Å². The van der Waals surface area contributed by atoms with Crippen molar-refractivity contribution >= 4 is 11.9 Å². The van der Waals surface area contributed by atoms with Gasteiger partial charge in [0.1, 0.15) is 12.2 Å². The lowest BCUT2D eigenvalue weighted by molar-refractivity contribution is -0.137. The Hall–Kier alpha value is -1.85. The molecule has 1 aromatic heterocycles. The highest BCUT2D eigenvalue weighted by Gasteiger charge is 2.17. The summed E-state index contributed by atoms with van der Waals surface area (Å²) in [7, 11) is 0. The van der Waals surface area contributed by atoms with Crippen LogP contribution in [0.3, 0.4) is 0 Å². The largest absolute Gasteiger partial charge is 0.480 e. The molecule has 0 spiro atoms. The van der Waals surface area contributed by atoms with Crippen LogP contribution in [-0.2, 0) is 4.79 Å². The number of carboxylic acids is 1. The number of rotatable bonds is 4. The number of nitrogens with one attached hydrogen (secondary N) is 1. The Labute approximate surface area is 80.6 Å². The molecule has 0 saturated heterocycles. The number of aromatic nitrogens is 2. The van der Waals surface area contributed by atoms with Gasteiger partial charge in [-0.05, 0) is 6.92 Å². The van der Waals surface area contributed by atoms with Gasteiger partial charge in [0.05, 0.1) is 12.5 Å². The molecule has 1 rings (SSSR count). The number of imidazole rings is 1. The zero-order chi connectivity index (χ0) is 10.6. The molecule has 14 heavy (non-hydrogen) atoms. The summed E-state index contributed by atoms with van der Waals surface area (Å²) < 4.78 is 0. The third kappa shape index (κ3) is 2.32. The van der Waals surface area contributed by atoms with Gasteiger partial charge in [-0.2, -0.15) is 0 Å². The monoisotopic (exact) mass is 197 g/mol. The van der Waals surface area contributed by atoms with Crippen molar-refractivity contribution < 1.29 is 14.7 Å². The van der Waals surface area contributed by atoms with Crippen LogP contribution < -0.4 is 0 Å². The van der Waals surface area contributed by atoms with Gasteiger partial charge >= 0.3 is 5.97 Å². The number of carboxylic acid groups (broad SMARTS) is 1. The lowest BCUT2D eigenvalue weighted by atomic mass is 10.3. The quantitative estimate of drug-likeness (QED) is 0.708. The lowest BCUT2D eigenvalue weighted by Crippen LogP contribution is -2.35. The molecule has 0 unspecified atom stereocenters. The summed E-state index contributed by atoms with van der Waals surface area (Å²) in [5, 5.41) is 8.54. The lowest BCUT2D eigenvalue weighted by Gasteiger charge is -2.16. The SMILES string of the molecule is CCN(CC(=O)O)C(=O)c1cnc[nH]1. The number of nitrogens with zero attached hydrogens (tertiary/aromatic N) is 2. The Bertz CT molecular complexity index is 321. The van der Waals surface area contributed by atoms with E-state index in [0.717, 1.165) is 0 Å². The van der Waals surface area contributed by atoms with Crippen molar-refractivity contribution in [3.8, 4) is 0 Å². The van der Waals surface area contributed by atoms with Crippen LogP contribution in [0.2, 0.25) is 0 Å². The molecule has 1 heterocycles. The fourth-order valence-corrected chi connectivity index (χ4v) is 1.03. The summed E-state index contributed by atoms with van der Waals surface area (Å²) >= 11 is 0. The summed E-state index contributed by atoms with van der Waals surface area (Å²) in [6.45, 7) is 1.77. The highest BCUT2D eigenvalue weighted by atomic mass is 16.4. The number of hydrogen-bond donors (Lipinski definition) is 2. The maximum atomic E-state index is 11.6. The molecule has 0 aliphatic rings. The fourth-order valence-electron chi connectivity index (χ4n) is 1.03. The molecule has 0 aromatic carbocycles. The molecule has 0 fully saturated rings. The summed E-state index contributed by atoms with van der Waals surface area (Å²) in [4.78, 5) is 29.5. The molecule has 0 saturated carbocycles. The molecule has 1 amide bonds. The second-order valence-corrected chi connectivity index (χ2v) is 2.68. The van der Waals surface area contributed by atoms with E-state index < -0.39 is 5.97 Å². The van der Waals surface area contributed by atoms with Gasteiger partial charge in [-0.25, -0.2) is 4.98 Å². The summed E-state index contributed by atoms with van der Waals surface area (Å²) in [6, 6.07) is 0. The van der Waals surface area contributed by atoms with Crippen LogP contribution in [-0.4, -0.2) is 44.9 Å². The van der Waals surface area contributed by atoms with Gasteiger partial charge in [-0.1, -0.05) is 0 Å². The molecule has 2 N–H and O–H groups in total. The van der Waals surface area contributed by atoms with Crippen molar-refractivity contribution in [2.45, 2.75) is 6.92 Å². The molecular weight excluding hydrogens is 186 g/mol. The van der Waals surface area contributed by atoms with E-state index in [1.807, 2.05) is 0 Å². The number of likely N-dealkylation sites (N-methyl/N-ethyl adjacent to an activating group) is 1. The smallest absolute Gasteiger partial charge is 0.323 e. The Kier molecular flexibility index (Phi) is 3.22. The Morgan fingerprint density at radius 2 is 2.36 bits per heavy atom. The van der Waals surface area contributed by atoms with Gasteiger partial charge in [-0.15, -0.1) is 0 Å². The van der Waals surface area contributed by atoms with E-state index in [2.05, 4.69) is 9.97 Å². The molecule has 6 nitrogen and oxygen atoms in total. The van der Waals surface area contributed by atoms with Crippen LogP contribution in [0.1, 0.15) is 17.4 Å². The number of carbonyl (C=O) groups is 2. The van der Waals surface area contributed by atoms with Crippen molar-refractivity contribution in [2.75, 3.05) is 13.1 Å². The summed E-state index contributed by atoms with van der Waals surface area (Å²) in [5.41, 5.74) is 0.299. The molecule has 0 bridgehead atoms. The molecule has 0 aliphatic carbocycles. The number of H-pyrrole nitrogens is 1. The van der Waals surface area contributed by atoms with E-state index in [0.29, 0.717) is 12.2 Å². The number of amides is 1. The second kappa shape index (κ2) is 4.40. The highest BCUT2D eigenvalue weighted by Crippen LogP contribution is 1.99. The fraction of sp³-hybridized carbons (Fsp3) is 0.375. The van der Waals surface area contributed by atoms with Gasteiger partial charge in [0.25, 0.3) is 5.91 Å². The number of carbonyl (C=O) groups excluding carboxylic acids is 1. The molecule has 0 atom stereocenters. The average molecular weight is 197 g/mol. The first-order valence-electron chi connectivity index (χ1n) is 4.14. The van der Waals surface area contributed by atoms with Gasteiger partial charge in [0.15, 0.2) is 0 Å². The Morgan fingerprint density at radius 3 is 2.79 bits per heavy atom. The number of aliphatic carboxylic acids is 1. The van der Waals surface area contributed by atoms with Crippen molar-refractivity contribution in [1.82, 2.24) is 14.9 Å². The molecule has 76 valence electrons. The van der Waals surface area contributed by atoms with E-state index in [4.69, 9.17) is 5.11 Å². The Morgan fingerprint density at radius 1 is 1.64 bits per heavy atom. The van der Waals surface area contributed by atoms with Crippen molar-refractivity contribution in [2.24, 2.45) is 0 Å². The van der Waals surface area contributed by atoms with Crippen LogP contribution in [0, 0.1) is 0 Å². The maximum absolute atomic E-state index is 11.6. The third-order valence-corrected chi connectivity index (χ3v) is 1.72. The number of aromatic amines is 1. The second-order valence-electron chi connectivity index (χ2n) is 2.68. The van der Waals surface area contributed by atoms with Crippen LogP contribution in [0.15, 0.2) is 12.5 Å². The minimum absolute atomic E-state index is 0.297. The first-order valence-corrected chi connectivity index (χ1v) is 4.14. The molecule has 0 aliphatic heterocycles. The van der Waals surface area contributed by atoms with Crippen LogP contribution in [0.5, 0.6) is 0 Å². The van der Waals surface area contributed by atoms with Crippen LogP contribution >= 0.6 is 0 Å². The summed E-state index contributed by atoms with van der Waals surface area (Å²) in [6.07, 6.45) is 2.74. The topological polar surface area (TPSA) is 86.3 Å². The predicted octanol–water partition coefficient (Wildman–Crippen LogP) is -0.0436. The van der Waals surface area contributed by atoms with Crippen LogP contribution in [0.4, 0.5) is 0 Å².